The van der Waals surface area contributed by atoms with Gasteiger partial charge in [-0.1, -0.05) is 42.5 Å². The molecule has 0 spiro atoms. The van der Waals surface area contributed by atoms with Gasteiger partial charge in [0, 0.05) is 35.3 Å². The van der Waals surface area contributed by atoms with E-state index in [9.17, 15) is 0 Å². The van der Waals surface area contributed by atoms with Gasteiger partial charge in [-0.25, -0.2) is 0 Å². The maximum absolute atomic E-state index is 6.38. The lowest BCUT2D eigenvalue weighted by Gasteiger charge is -2.40. The molecule has 6 rings (SSSR count). The Bertz CT molecular complexity index is 1310. The Labute approximate surface area is 181 Å². The molecule has 0 saturated carbocycles. The van der Waals surface area contributed by atoms with E-state index in [0.717, 1.165) is 45.5 Å². The molecule has 0 amide bonds. The molecule has 0 atom stereocenters. The van der Waals surface area contributed by atoms with Gasteiger partial charge in [-0.15, -0.1) is 0 Å². The monoisotopic (exact) mass is 405 g/mol. The fourth-order valence-corrected chi connectivity index (χ4v) is 4.75. The third kappa shape index (κ3) is 2.63. The molecule has 150 valence electrons. The average molecular weight is 405 g/mol. The second-order valence-electron chi connectivity index (χ2n) is 7.73. The summed E-state index contributed by atoms with van der Waals surface area (Å²) in [4.78, 5) is 2.27. The molecule has 0 N–H and O–H groups in total. The highest BCUT2D eigenvalue weighted by molar-refractivity contribution is 6.99. The first-order valence-corrected chi connectivity index (χ1v) is 10.3. The van der Waals surface area contributed by atoms with E-state index in [1.54, 1.807) is 14.2 Å². The van der Waals surface area contributed by atoms with Crippen LogP contribution in [0.4, 0.5) is 17.1 Å². The Morgan fingerprint density at radius 1 is 0.677 bits per heavy atom. The normalized spacial score (nSPS) is 13.0. The van der Waals surface area contributed by atoms with Crippen molar-refractivity contribution < 1.29 is 14.2 Å². The topological polar surface area (TPSA) is 30.9 Å². The van der Waals surface area contributed by atoms with Crippen molar-refractivity contribution >= 4 is 40.2 Å². The van der Waals surface area contributed by atoms with Crippen LogP contribution in [0, 0.1) is 0 Å². The van der Waals surface area contributed by atoms with Crippen LogP contribution in [0.5, 0.6) is 23.0 Å². The summed E-state index contributed by atoms with van der Waals surface area (Å²) in [6.45, 7) is 0.0710. The number of fused-ring (bicyclic) bond motifs is 4. The molecular weight excluding hydrogens is 385 g/mol. The van der Waals surface area contributed by atoms with E-state index in [1.165, 1.54) is 10.9 Å². The second kappa shape index (κ2) is 6.84. The van der Waals surface area contributed by atoms with Crippen LogP contribution in [0.1, 0.15) is 0 Å². The summed E-state index contributed by atoms with van der Waals surface area (Å²) in [6, 6.07) is 29.1. The molecule has 0 bridgehead atoms. The molecule has 0 radical (unpaired) electrons. The van der Waals surface area contributed by atoms with Crippen LogP contribution in [0.2, 0.25) is 0 Å². The van der Waals surface area contributed by atoms with Crippen LogP contribution in [0.15, 0.2) is 84.9 Å². The standard InChI is InChI=1S/C26H20BNO3/c1-29-18-12-13-20-22(14-18)28(17-8-4-3-5-9-17)23-15-19(30-2)16-25-26(23)27(20)21-10-6-7-11-24(21)31-25/h3-16H,1-2H3. The van der Waals surface area contributed by atoms with Crippen LogP contribution < -0.4 is 35.5 Å². The van der Waals surface area contributed by atoms with Crippen molar-refractivity contribution in [3.8, 4) is 23.0 Å². The fraction of sp³-hybridized carbons (Fsp3) is 0.0769. The number of hydrogen-bond donors (Lipinski definition) is 0. The third-order valence-corrected chi connectivity index (χ3v) is 6.11. The highest BCUT2D eigenvalue weighted by Crippen LogP contribution is 2.43. The lowest BCUT2D eigenvalue weighted by molar-refractivity contribution is 0.409. The van der Waals surface area contributed by atoms with Crippen LogP contribution in [0.3, 0.4) is 0 Å². The average Bonchev–Trinajstić information content (AvgIpc) is 2.83. The van der Waals surface area contributed by atoms with Crippen molar-refractivity contribution in [3.63, 3.8) is 0 Å². The van der Waals surface area contributed by atoms with Crippen molar-refractivity contribution in [3.05, 3.63) is 84.9 Å². The van der Waals surface area contributed by atoms with Gasteiger partial charge in [0.05, 0.1) is 14.2 Å². The van der Waals surface area contributed by atoms with Gasteiger partial charge in [0.2, 0.25) is 0 Å². The summed E-state index contributed by atoms with van der Waals surface area (Å²) in [5.74, 6) is 3.31. The molecule has 0 fully saturated rings. The van der Waals surface area contributed by atoms with Gasteiger partial charge < -0.3 is 19.1 Å². The lowest BCUT2D eigenvalue weighted by atomic mass is 9.34. The molecule has 4 aromatic carbocycles. The van der Waals surface area contributed by atoms with Crippen LogP contribution >= 0.6 is 0 Å². The van der Waals surface area contributed by atoms with Crippen molar-refractivity contribution in [2.45, 2.75) is 0 Å². The number of para-hydroxylation sites is 2. The largest absolute Gasteiger partial charge is 0.497 e. The number of rotatable bonds is 3. The molecule has 5 heteroatoms. The smallest absolute Gasteiger partial charge is 0.256 e. The molecule has 2 aliphatic rings. The van der Waals surface area contributed by atoms with Gasteiger partial charge in [0.15, 0.2) is 0 Å². The number of hydrogen-bond acceptors (Lipinski definition) is 4. The molecule has 0 aromatic heterocycles. The van der Waals surface area contributed by atoms with Crippen LogP contribution in [-0.2, 0) is 0 Å². The third-order valence-electron chi connectivity index (χ3n) is 6.11. The Morgan fingerprint density at radius 3 is 2.23 bits per heavy atom. The van der Waals surface area contributed by atoms with Crippen molar-refractivity contribution in [2.24, 2.45) is 0 Å². The van der Waals surface area contributed by atoms with Gasteiger partial charge in [-0.3, -0.25) is 0 Å². The number of nitrogens with zero attached hydrogens (tertiary/aromatic N) is 1. The second-order valence-corrected chi connectivity index (χ2v) is 7.73. The molecule has 2 aliphatic heterocycles. The molecule has 4 aromatic rings. The zero-order valence-corrected chi connectivity index (χ0v) is 17.3. The van der Waals surface area contributed by atoms with E-state index in [4.69, 9.17) is 14.2 Å². The summed E-state index contributed by atoms with van der Waals surface area (Å²) >= 11 is 0. The minimum atomic E-state index is 0.0710. The highest BCUT2D eigenvalue weighted by Gasteiger charge is 2.42. The van der Waals surface area contributed by atoms with Gasteiger partial charge >= 0.3 is 0 Å². The van der Waals surface area contributed by atoms with E-state index < -0.39 is 0 Å². The predicted octanol–water partition coefficient (Wildman–Crippen LogP) is 4.11. The fourth-order valence-electron chi connectivity index (χ4n) is 4.75. The summed E-state index contributed by atoms with van der Waals surface area (Å²) < 4.78 is 17.6. The zero-order valence-electron chi connectivity index (χ0n) is 17.3. The molecular formula is C26H20BNO3. The Kier molecular flexibility index (Phi) is 3.96. The number of methoxy groups -OCH3 is 2. The van der Waals surface area contributed by atoms with Crippen molar-refractivity contribution in [1.82, 2.24) is 0 Å². The number of ether oxygens (including phenoxy) is 3. The van der Waals surface area contributed by atoms with Crippen molar-refractivity contribution in [2.75, 3.05) is 19.1 Å². The Balaban J connectivity index is 1.71. The summed E-state index contributed by atoms with van der Waals surface area (Å²) in [6.07, 6.45) is 0. The molecule has 0 aliphatic carbocycles. The highest BCUT2D eigenvalue weighted by atomic mass is 16.5. The van der Waals surface area contributed by atoms with E-state index in [-0.39, 0.29) is 6.71 Å². The minimum Gasteiger partial charge on any atom is -0.497 e. The first-order chi connectivity index (χ1) is 15.3. The van der Waals surface area contributed by atoms with Gasteiger partial charge in [-0.05, 0) is 40.7 Å². The summed E-state index contributed by atoms with van der Waals surface area (Å²) in [7, 11) is 3.39. The maximum atomic E-state index is 6.38. The van der Waals surface area contributed by atoms with E-state index in [2.05, 4.69) is 59.5 Å². The maximum Gasteiger partial charge on any atom is 0.256 e. The van der Waals surface area contributed by atoms with Gasteiger partial charge in [0.25, 0.3) is 6.71 Å². The minimum absolute atomic E-state index is 0.0710. The first kappa shape index (κ1) is 18.0. The van der Waals surface area contributed by atoms with E-state index in [0.29, 0.717) is 0 Å². The molecule has 0 saturated heterocycles. The molecule has 4 nitrogen and oxygen atoms in total. The SMILES string of the molecule is COc1ccc2c(c1)N(c1ccccc1)c1cc(OC)cc3c1B2c1ccccc1O3. The first-order valence-electron chi connectivity index (χ1n) is 10.3. The molecule has 2 heterocycles. The van der Waals surface area contributed by atoms with Gasteiger partial charge in [0.1, 0.15) is 23.0 Å². The predicted molar refractivity (Wildman–Crippen MR) is 125 cm³/mol. The molecule has 0 unspecified atom stereocenters. The summed E-state index contributed by atoms with van der Waals surface area (Å²) in [5, 5.41) is 0. The van der Waals surface area contributed by atoms with Crippen molar-refractivity contribution in [1.29, 1.82) is 0 Å². The lowest BCUT2D eigenvalue weighted by Crippen LogP contribution is -2.59. The Hall–Kier alpha value is -3.86. The summed E-state index contributed by atoms with van der Waals surface area (Å²) in [5.41, 5.74) is 6.77. The molecule has 31 heavy (non-hydrogen) atoms. The van der Waals surface area contributed by atoms with Crippen LogP contribution in [-0.4, -0.2) is 20.9 Å². The van der Waals surface area contributed by atoms with Crippen LogP contribution in [0.25, 0.3) is 0 Å². The number of anilines is 3. The zero-order chi connectivity index (χ0) is 20.9. The quantitative estimate of drug-likeness (QED) is 0.415. The van der Waals surface area contributed by atoms with Gasteiger partial charge in [-0.2, -0.15) is 0 Å². The number of benzene rings is 4. The van der Waals surface area contributed by atoms with E-state index >= 15 is 0 Å². The van der Waals surface area contributed by atoms with E-state index in [1.807, 2.05) is 30.3 Å². The Morgan fingerprint density at radius 2 is 1.42 bits per heavy atom.